The van der Waals surface area contributed by atoms with Gasteiger partial charge in [0.2, 0.25) is 0 Å². The first-order valence-corrected chi connectivity index (χ1v) is 6.30. The number of carbonyl (C=O) groups excluding carboxylic acids is 1. The van der Waals surface area contributed by atoms with Crippen molar-refractivity contribution < 1.29 is 4.79 Å². The van der Waals surface area contributed by atoms with Crippen LogP contribution in [0, 0.1) is 0 Å². The summed E-state index contributed by atoms with van der Waals surface area (Å²) >= 11 is 24.0. The average molecular weight is 321 g/mol. The molecule has 0 aliphatic rings. The summed E-state index contributed by atoms with van der Waals surface area (Å²) in [6, 6.07) is 4.80. The maximum absolute atomic E-state index is 10.6. The molecular weight excluding hydrogens is 316 g/mol. The number of benzene rings is 1. The maximum Gasteiger partial charge on any atom is 0.169 e. The van der Waals surface area contributed by atoms with Gasteiger partial charge in [-0.25, -0.2) is 0 Å². The summed E-state index contributed by atoms with van der Waals surface area (Å²) in [4.78, 5) is 14.6. The van der Waals surface area contributed by atoms with E-state index in [4.69, 9.17) is 46.4 Å². The van der Waals surface area contributed by atoms with Crippen molar-refractivity contribution in [2.45, 2.75) is 0 Å². The zero-order chi connectivity index (χ0) is 13.3. The highest BCUT2D eigenvalue weighted by Crippen LogP contribution is 2.39. The van der Waals surface area contributed by atoms with Crippen molar-refractivity contribution in [3.63, 3.8) is 0 Å². The number of hydrogen-bond acceptors (Lipinski definition) is 2. The highest BCUT2D eigenvalue weighted by Gasteiger charge is 2.13. The Hall–Kier alpha value is -0.800. The lowest BCUT2D eigenvalue weighted by Crippen LogP contribution is -1.91. The minimum atomic E-state index is 0.162. The van der Waals surface area contributed by atoms with Crippen molar-refractivity contribution in [1.29, 1.82) is 0 Å². The van der Waals surface area contributed by atoms with Crippen molar-refractivity contribution in [3.05, 3.63) is 50.2 Å². The Bertz CT molecular complexity index is 628. The topological polar surface area (TPSA) is 30.0 Å². The minimum absolute atomic E-state index is 0.162. The lowest BCUT2D eigenvalue weighted by molar-refractivity contribution is 0.111. The lowest BCUT2D eigenvalue weighted by atomic mass is 10.1. The van der Waals surface area contributed by atoms with Crippen LogP contribution >= 0.6 is 46.4 Å². The minimum Gasteiger partial charge on any atom is -0.296 e. The summed E-state index contributed by atoms with van der Waals surface area (Å²) in [5.41, 5.74) is 1.30. The summed E-state index contributed by atoms with van der Waals surface area (Å²) in [7, 11) is 0. The van der Waals surface area contributed by atoms with Crippen LogP contribution in [0.4, 0.5) is 0 Å². The molecule has 0 aliphatic heterocycles. The molecule has 0 amide bonds. The van der Waals surface area contributed by atoms with Crippen LogP contribution in [-0.4, -0.2) is 11.3 Å². The molecule has 0 saturated heterocycles. The number of pyridine rings is 1. The molecule has 1 heterocycles. The largest absolute Gasteiger partial charge is 0.296 e. The molecule has 6 heteroatoms. The van der Waals surface area contributed by atoms with E-state index in [2.05, 4.69) is 4.98 Å². The summed E-state index contributed by atoms with van der Waals surface area (Å²) in [5.74, 6) is 0. The molecule has 0 N–H and O–H groups in total. The van der Waals surface area contributed by atoms with Crippen LogP contribution in [0.25, 0.3) is 11.1 Å². The fourth-order valence-electron chi connectivity index (χ4n) is 1.46. The number of carbonyl (C=O) groups is 1. The molecule has 0 spiro atoms. The smallest absolute Gasteiger partial charge is 0.169 e. The summed E-state index contributed by atoms with van der Waals surface area (Å²) in [5, 5.41) is 1.36. The third-order valence-corrected chi connectivity index (χ3v) is 3.74. The van der Waals surface area contributed by atoms with Gasteiger partial charge < -0.3 is 0 Å². The molecule has 0 bridgehead atoms. The van der Waals surface area contributed by atoms with Gasteiger partial charge in [-0.05, 0) is 18.2 Å². The van der Waals surface area contributed by atoms with E-state index in [1.165, 1.54) is 6.20 Å². The third-order valence-electron chi connectivity index (χ3n) is 2.31. The monoisotopic (exact) mass is 319 g/mol. The van der Waals surface area contributed by atoms with E-state index in [1.54, 1.807) is 18.2 Å². The van der Waals surface area contributed by atoms with Crippen LogP contribution in [-0.2, 0) is 0 Å². The maximum atomic E-state index is 10.6. The molecular formula is C12H5Cl4NO. The molecule has 0 radical (unpaired) electrons. The molecule has 92 valence electrons. The van der Waals surface area contributed by atoms with Crippen LogP contribution in [0.3, 0.4) is 0 Å². The number of aldehydes is 1. The second-order valence-corrected chi connectivity index (χ2v) is 5.03. The van der Waals surface area contributed by atoms with Crippen molar-refractivity contribution in [1.82, 2.24) is 4.98 Å². The summed E-state index contributed by atoms with van der Waals surface area (Å²) in [6.45, 7) is 0. The normalized spacial score (nSPS) is 10.4. The second kappa shape index (κ2) is 5.45. The average Bonchev–Trinajstić information content (AvgIpc) is 2.35. The van der Waals surface area contributed by atoms with Crippen LogP contribution in [0.1, 0.15) is 10.5 Å². The number of halogens is 4. The second-order valence-electron chi connectivity index (χ2n) is 3.43. The molecule has 18 heavy (non-hydrogen) atoms. The molecule has 0 saturated carbocycles. The number of hydrogen-bond donors (Lipinski definition) is 0. The van der Waals surface area contributed by atoms with Gasteiger partial charge in [0, 0.05) is 17.3 Å². The zero-order valence-electron chi connectivity index (χ0n) is 8.75. The van der Waals surface area contributed by atoms with E-state index in [-0.39, 0.29) is 10.7 Å². The molecule has 2 rings (SSSR count). The van der Waals surface area contributed by atoms with Crippen LogP contribution in [0.15, 0.2) is 24.4 Å². The molecule has 1 aromatic heterocycles. The SMILES string of the molecule is O=Cc1ncc(-c2c(Cl)ccc(Cl)c2Cl)cc1Cl. The Labute approximate surface area is 123 Å². The van der Waals surface area contributed by atoms with Crippen molar-refractivity contribution in [3.8, 4) is 11.1 Å². The summed E-state index contributed by atoms with van der Waals surface area (Å²) < 4.78 is 0. The number of aromatic nitrogens is 1. The molecule has 0 fully saturated rings. The first kappa shape index (κ1) is 13.6. The van der Waals surface area contributed by atoms with Gasteiger partial charge in [-0.1, -0.05) is 46.4 Å². The first-order valence-electron chi connectivity index (χ1n) is 4.79. The first-order chi connectivity index (χ1) is 8.54. The van der Waals surface area contributed by atoms with E-state index in [9.17, 15) is 4.79 Å². The molecule has 0 aliphatic carbocycles. The predicted molar refractivity (Wildman–Crippen MR) is 75.1 cm³/mol. The zero-order valence-corrected chi connectivity index (χ0v) is 11.8. The predicted octanol–water partition coefficient (Wildman–Crippen LogP) is 5.17. The van der Waals surface area contributed by atoms with Crippen LogP contribution in [0.2, 0.25) is 20.1 Å². The number of rotatable bonds is 2. The van der Waals surface area contributed by atoms with Gasteiger partial charge in [0.05, 0.1) is 20.1 Å². The Morgan fingerprint density at radius 2 is 1.67 bits per heavy atom. The standard InChI is InChI=1S/C12H5Cl4NO/c13-7-1-2-8(14)12(16)11(7)6-3-9(15)10(5-18)17-4-6/h1-5H. The van der Waals surface area contributed by atoms with Crippen molar-refractivity contribution >= 4 is 52.7 Å². The Morgan fingerprint density at radius 3 is 2.28 bits per heavy atom. The number of nitrogens with zero attached hydrogens (tertiary/aromatic N) is 1. The third kappa shape index (κ3) is 2.47. The van der Waals surface area contributed by atoms with Gasteiger partial charge in [0.1, 0.15) is 5.69 Å². The quantitative estimate of drug-likeness (QED) is 0.564. The van der Waals surface area contributed by atoms with Gasteiger partial charge in [-0.15, -0.1) is 0 Å². The van der Waals surface area contributed by atoms with Crippen LogP contribution in [0.5, 0.6) is 0 Å². The highest BCUT2D eigenvalue weighted by atomic mass is 35.5. The van der Waals surface area contributed by atoms with E-state index in [0.29, 0.717) is 32.5 Å². The molecule has 2 nitrogen and oxygen atoms in total. The van der Waals surface area contributed by atoms with Crippen LogP contribution < -0.4 is 0 Å². The van der Waals surface area contributed by atoms with Gasteiger partial charge in [0.15, 0.2) is 6.29 Å². The molecule has 0 unspecified atom stereocenters. The molecule has 2 aromatic rings. The van der Waals surface area contributed by atoms with Crippen molar-refractivity contribution in [2.24, 2.45) is 0 Å². The van der Waals surface area contributed by atoms with E-state index >= 15 is 0 Å². The van der Waals surface area contributed by atoms with Gasteiger partial charge >= 0.3 is 0 Å². The molecule has 1 aromatic carbocycles. The molecule has 0 atom stereocenters. The van der Waals surface area contributed by atoms with Gasteiger partial charge in [-0.3, -0.25) is 9.78 Å². The fourth-order valence-corrected chi connectivity index (χ4v) is 2.42. The Kier molecular flexibility index (Phi) is 4.13. The lowest BCUT2D eigenvalue weighted by Gasteiger charge is -2.09. The van der Waals surface area contributed by atoms with E-state index in [1.807, 2.05) is 0 Å². The Morgan fingerprint density at radius 1 is 1.00 bits per heavy atom. The van der Waals surface area contributed by atoms with Gasteiger partial charge in [0.25, 0.3) is 0 Å². The fraction of sp³-hybridized carbons (Fsp3) is 0. The highest BCUT2D eigenvalue weighted by molar-refractivity contribution is 6.46. The van der Waals surface area contributed by atoms with Crippen molar-refractivity contribution in [2.75, 3.05) is 0 Å². The van der Waals surface area contributed by atoms with Gasteiger partial charge in [-0.2, -0.15) is 0 Å². The summed E-state index contributed by atoms with van der Waals surface area (Å²) in [6.07, 6.45) is 2.05. The Balaban J connectivity index is 2.66. The van der Waals surface area contributed by atoms with E-state index < -0.39 is 0 Å². The van der Waals surface area contributed by atoms with E-state index in [0.717, 1.165) is 0 Å².